The molecule has 0 saturated heterocycles. The highest BCUT2D eigenvalue weighted by Crippen LogP contribution is 1.97. The first kappa shape index (κ1) is 17.7. The van der Waals surface area contributed by atoms with E-state index >= 15 is 0 Å². The summed E-state index contributed by atoms with van der Waals surface area (Å²) in [5.74, 6) is 0. The second kappa shape index (κ2) is 8.77. The third-order valence-corrected chi connectivity index (χ3v) is 3.52. The van der Waals surface area contributed by atoms with Crippen LogP contribution in [0.3, 0.4) is 0 Å². The standard InChI is InChI=1S/C8H20N2O6S2/c1-3-5-7-9-17(11,12)15-16-18(13,14)10-8-6-4-2/h9-10H,3-8H2,1-2H3. The van der Waals surface area contributed by atoms with E-state index in [2.05, 4.69) is 8.67 Å². The number of rotatable bonds is 11. The van der Waals surface area contributed by atoms with Crippen LogP contribution in [-0.4, -0.2) is 29.9 Å². The van der Waals surface area contributed by atoms with E-state index in [1.54, 1.807) is 0 Å². The van der Waals surface area contributed by atoms with Crippen molar-refractivity contribution in [3.05, 3.63) is 0 Å². The zero-order valence-electron chi connectivity index (χ0n) is 10.5. The quantitative estimate of drug-likeness (QED) is 0.320. The van der Waals surface area contributed by atoms with Gasteiger partial charge in [-0.3, -0.25) is 0 Å². The van der Waals surface area contributed by atoms with E-state index in [4.69, 9.17) is 0 Å². The lowest BCUT2D eigenvalue weighted by Crippen LogP contribution is -2.32. The SMILES string of the molecule is CCCCNS(=O)(=O)OOS(=O)(=O)NCCCC. The summed E-state index contributed by atoms with van der Waals surface area (Å²) in [5.41, 5.74) is 0. The molecule has 0 amide bonds. The van der Waals surface area contributed by atoms with Gasteiger partial charge in [0.15, 0.2) is 0 Å². The van der Waals surface area contributed by atoms with Crippen LogP contribution in [0.5, 0.6) is 0 Å². The summed E-state index contributed by atoms with van der Waals surface area (Å²) in [4.78, 5) is 0. The molecule has 0 aliphatic carbocycles. The van der Waals surface area contributed by atoms with Crippen LogP contribution >= 0.6 is 0 Å². The van der Waals surface area contributed by atoms with Gasteiger partial charge in [0.1, 0.15) is 0 Å². The second-order valence-corrected chi connectivity index (χ2v) is 6.21. The maximum absolute atomic E-state index is 11.1. The van der Waals surface area contributed by atoms with Crippen molar-refractivity contribution >= 4 is 20.6 Å². The van der Waals surface area contributed by atoms with E-state index in [1.807, 2.05) is 23.3 Å². The Labute approximate surface area is 108 Å². The zero-order valence-corrected chi connectivity index (χ0v) is 12.1. The lowest BCUT2D eigenvalue weighted by Gasteiger charge is -2.06. The van der Waals surface area contributed by atoms with Gasteiger partial charge >= 0.3 is 20.6 Å². The molecule has 0 aliphatic heterocycles. The predicted octanol–water partition coefficient (Wildman–Crippen LogP) is 0.204. The average Bonchev–Trinajstić information content (AvgIpc) is 2.27. The maximum Gasteiger partial charge on any atom is 0.363 e. The van der Waals surface area contributed by atoms with Crippen LogP contribution in [-0.2, 0) is 29.3 Å². The van der Waals surface area contributed by atoms with E-state index in [-0.39, 0.29) is 13.1 Å². The van der Waals surface area contributed by atoms with Crippen molar-refractivity contribution in [2.75, 3.05) is 13.1 Å². The molecule has 0 heterocycles. The van der Waals surface area contributed by atoms with Gasteiger partial charge in [-0.2, -0.15) is 26.3 Å². The fourth-order valence-corrected chi connectivity index (χ4v) is 2.34. The minimum absolute atomic E-state index is 0.158. The van der Waals surface area contributed by atoms with Crippen molar-refractivity contribution in [1.29, 1.82) is 0 Å². The molecule has 0 fully saturated rings. The van der Waals surface area contributed by atoms with Crippen molar-refractivity contribution in [2.24, 2.45) is 0 Å². The third kappa shape index (κ3) is 9.74. The Morgan fingerprint density at radius 3 is 1.39 bits per heavy atom. The predicted molar refractivity (Wildman–Crippen MR) is 65.8 cm³/mol. The first-order chi connectivity index (χ1) is 8.33. The molecular formula is C8H20N2O6S2. The van der Waals surface area contributed by atoms with E-state index in [9.17, 15) is 16.8 Å². The van der Waals surface area contributed by atoms with Gasteiger partial charge in [0.25, 0.3) is 0 Å². The Balaban J connectivity index is 4.05. The summed E-state index contributed by atoms with van der Waals surface area (Å²) in [6.07, 6.45) is 2.81. The molecule has 10 heteroatoms. The minimum atomic E-state index is -4.21. The monoisotopic (exact) mass is 304 g/mol. The Morgan fingerprint density at radius 2 is 1.11 bits per heavy atom. The van der Waals surface area contributed by atoms with Crippen LogP contribution in [0.25, 0.3) is 0 Å². The van der Waals surface area contributed by atoms with E-state index < -0.39 is 20.6 Å². The van der Waals surface area contributed by atoms with Crippen molar-refractivity contribution in [1.82, 2.24) is 9.44 Å². The largest absolute Gasteiger partial charge is 0.363 e. The summed E-state index contributed by atoms with van der Waals surface area (Å²) < 4.78 is 56.4. The molecule has 0 bridgehead atoms. The first-order valence-electron chi connectivity index (χ1n) is 5.70. The molecule has 0 rings (SSSR count). The van der Waals surface area contributed by atoms with Gasteiger partial charge < -0.3 is 0 Å². The fourth-order valence-electron chi connectivity index (χ4n) is 0.869. The molecule has 0 aromatic heterocycles. The highest BCUT2D eigenvalue weighted by atomic mass is 32.3. The van der Waals surface area contributed by atoms with Gasteiger partial charge in [-0.05, 0) is 12.8 Å². The van der Waals surface area contributed by atoms with Crippen LogP contribution in [0.15, 0.2) is 0 Å². The molecule has 0 unspecified atom stereocenters. The van der Waals surface area contributed by atoms with E-state index in [0.29, 0.717) is 12.8 Å². The molecule has 0 spiro atoms. The Kier molecular flexibility index (Phi) is 8.65. The van der Waals surface area contributed by atoms with Crippen molar-refractivity contribution in [2.45, 2.75) is 39.5 Å². The molecule has 18 heavy (non-hydrogen) atoms. The minimum Gasteiger partial charge on any atom is -0.190 e. The molecule has 0 atom stereocenters. The zero-order chi connectivity index (χ0) is 14.1. The number of hydrogen-bond acceptors (Lipinski definition) is 6. The summed E-state index contributed by atoms with van der Waals surface area (Å²) in [5, 5.41) is 0. The van der Waals surface area contributed by atoms with Crippen LogP contribution in [0.4, 0.5) is 0 Å². The average molecular weight is 304 g/mol. The van der Waals surface area contributed by atoms with Crippen LogP contribution in [0.1, 0.15) is 39.5 Å². The normalized spacial score (nSPS) is 12.8. The summed E-state index contributed by atoms with van der Waals surface area (Å²) >= 11 is 0. The highest BCUT2D eigenvalue weighted by Gasteiger charge is 2.18. The third-order valence-electron chi connectivity index (χ3n) is 1.83. The van der Waals surface area contributed by atoms with Gasteiger partial charge in [0.2, 0.25) is 0 Å². The van der Waals surface area contributed by atoms with Crippen LogP contribution in [0.2, 0.25) is 0 Å². The lowest BCUT2D eigenvalue weighted by molar-refractivity contribution is -0.0884. The van der Waals surface area contributed by atoms with Gasteiger partial charge in [-0.25, -0.2) is 0 Å². The Bertz CT molecular complexity index is 365. The molecule has 8 nitrogen and oxygen atoms in total. The molecule has 0 aromatic rings. The molecule has 0 radical (unpaired) electrons. The van der Waals surface area contributed by atoms with Crippen LogP contribution in [0, 0.1) is 0 Å². The van der Waals surface area contributed by atoms with Gasteiger partial charge in [-0.15, -0.1) is 0 Å². The van der Waals surface area contributed by atoms with Gasteiger partial charge in [-0.1, -0.05) is 35.4 Å². The Hall–Kier alpha value is -0.260. The number of unbranched alkanes of at least 4 members (excludes halogenated alkanes) is 2. The molecule has 2 N–H and O–H groups in total. The molecule has 0 aliphatic rings. The summed E-state index contributed by atoms with van der Waals surface area (Å²) in [6.45, 7) is 4.08. The van der Waals surface area contributed by atoms with Crippen molar-refractivity contribution < 1.29 is 25.5 Å². The lowest BCUT2D eigenvalue weighted by atomic mass is 10.3. The Morgan fingerprint density at radius 1 is 0.778 bits per heavy atom. The molecular weight excluding hydrogens is 284 g/mol. The fraction of sp³-hybridized carbons (Fsp3) is 1.00. The maximum atomic E-state index is 11.1. The molecule has 0 saturated carbocycles. The van der Waals surface area contributed by atoms with E-state index in [0.717, 1.165) is 12.8 Å². The molecule has 0 aromatic carbocycles. The van der Waals surface area contributed by atoms with Crippen LogP contribution < -0.4 is 9.44 Å². The first-order valence-corrected chi connectivity index (χ1v) is 8.51. The number of hydrogen-bond donors (Lipinski definition) is 2. The topological polar surface area (TPSA) is 111 Å². The van der Waals surface area contributed by atoms with Crippen molar-refractivity contribution in [3.8, 4) is 0 Å². The van der Waals surface area contributed by atoms with E-state index in [1.165, 1.54) is 0 Å². The summed E-state index contributed by atoms with van der Waals surface area (Å²) in [6, 6.07) is 0. The summed E-state index contributed by atoms with van der Waals surface area (Å²) in [7, 11) is -8.42. The smallest absolute Gasteiger partial charge is 0.190 e. The van der Waals surface area contributed by atoms with Crippen molar-refractivity contribution in [3.63, 3.8) is 0 Å². The van der Waals surface area contributed by atoms with Gasteiger partial charge in [0.05, 0.1) is 0 Å². The second-order valence-electron chi connectivity index (χ2n) is 3.54. The number of nitrogens with one attached hydrogen (secondary N) is 2. The molecule has 110 valence electrons. The van der Waals surface area contributed by atoms with Gasteiger partial charge in [0, 0.05) is 13.1 Å². The highest BCUT2D eigenvalue weighted by molar-refractivity contribution is 7.86.